The lowest BCUT2D eigenvalue weighted by Gasteiger charge is -2.06. The van der Waals surface area contributed by atoms with Crippen molar-refractivity contribution in [3.63, 3.8) is 0 Å². The van der Waals surface area contributed by atoms with Gasteiger partial charge >= 0.3 is 0 Å². The van der Waals surface area contributed by atoms with Crippen molar-refractivity contribution in [2.24, 2.45) is 0 Å². The number of aromatic nitrogens is 2. The van der Waals surface area contributed by atoms with Crippen LogP contribution in [0.25, 0.3) is 0 Å². The van der Waals surface area contributed by atoms with E-state index in [2.05, 4.69) is 17.1 Å². The lowest BCUT2D eigenvalue weighted by atomic mass is 10.1. The molecular weight excluding hydrogens is 202 g/mol. The van der Waals surface area contributed by atoms with Gasteiger partial charge in [0.1, 0.15) is 11.6 Å². The van der Waals surface area contributed by atoms with Crippen LogP contribution in [-0.2, 0) is 0 Å². The van der Waals surface area contributed by atoms with Crippen molar-refractivity contribution >= 4 is 5.82 Å². The van der Waals surface area contributed by atoms with Crippen molar-refractivity contribution in [1.29, 1.82) is 0 Å². The predicted molar refractivity (Wildman–Crippen MR) is 62.4 cm³/mol. The van der Waals surface area contributed by atoms with Crippen molar-refractivity contribution in [1.82, 2.24) is 10.2 Å². The van der Waals surface area contributed by atoms with Crippen molar-refractivity contribution < 1.29 is 4.74 Å². The smallest absolute Gasteiger partial charge is 0.238 e. The van der Waals surface area contributed by atoms with E-state index in [4.69, 9.17) is 10.5 Å². The molecule has 0 saturated heterocycles. The van der Waals surface area contributed by atoms with Crippen molar-refractivity contribution in [2.75, 3.05) is 5.73 Å². The summed E-state index contributed by atoms with van der Waals surface area (Å²) in [6, 6.07) is 9.23. The second-order valence-electron chi connectivity index (χ2n) is 3.64. The molecule has 0 amide bonds. The molecule has 1 aromatic carbocycles. The van der Waals surface area contributed by atoms with E-state index in [9.17, 15) is 0 Å². The quantitative estimate of drug-likeness (QED) is 0.835. The standard InChI is InChI=1S/C12H13N3O/c1-8-3-4-10(7-9(8)2)16-12-6-5-11(13)14-15-12/h3-7H,1-2H3,(H2,13,14). The summed E-state index contributed by atoms with van der Waals surface area (Å²) in [6.07, 6.45) is 0. The Labute approximate surface area is 94.1 Å². The zero-order valence-electron chi connectivity index (χ0n) is 9.27. The molecule has 2 rings (SSSR count). The summed E-state index contributed by atoms with van der Waals surface area (Å²) in [5.74, 6) is 1.58. The van der Waals surface area contributed by atoms with E-state index in [1.165, 1.54) is 11.1 Å². The topological polar surface area (TPSA) is 61.0 Å². The number of nitrogens with two attached hydrogens (primary N) is 1. The highest BCUT2D eigenvalue weighted by molar-refractivity contribution is 5.36. The number of aryl methyl sites for hydroxylation is 2. The maximum atomic E-state index is 5.54. The monoisotopic (exact) mass is 215 g/mol. The second-order valence-corrected chi connectivity index (χ2v) is 3.64. The molecule has 0 aliphatic carbocycles. The molecule has 4 nitrogen and oxygen atoms in total. The minimum Gasteiger partial charge on any atom is -0.438 e. The summed E-state index contributed by atoms with van der Waals surface area (Å²) >= 11 is 0. The van der Waals surface area contributed by atoms with Crippen molar-refractivity contribution in [3.05, 3.63) is 41.5 Å². The van der Waals surface area contributed by atoms with Crippen LogP contribution < -0.4 is 10.5 Å². The van der Waals surface area contributed by atoms with E-state index in [-0.39, 0.29) is 0 Å². The molecule has 0 saturated carbocycles. The van der Waals surface area contributed by atoms with Gasteiger partial charge in [0.25, 0.3) is 0 Å². The predicted octanol–water partition coefficient (Wildman–Crippen LogP) is 2.47. The molecule has 0 unspecified atom stereocenters. The number of hydrogen-bond acceptors (Lipinski definition) is 4. The van der Waals surface area contributed by atoms with Gasteiger partial charge in [-0.15, -0.1) is 10.2 Å². The Kier molecular flexibility index (Phi) is 2.72. The fourth-order valence-corrected chi connectivity index (χ4v) is 1.28. The Morgan fingerprint density at radius 2 is 1.81 bits per heavy atom. The van der Waals surface area contributed by atoms with E-state index in [1.807, 2.05) is 25.1 Å². The van der Waals surface area contributed by atoms with Gasteiger partial charge in [-0.1, -0.05) is 6.07 Å². The van der Waals surface area contributed by atoms with Gasteiger partial charge in [-0.3, -0.25) is 0 Å². The molecule has 2 aromatic rings. The number of benzene rings is 1. The largest absolute Gasteiger partial charge is 0.438 e. The second kappa shape index (κ2) is 4.18. The van der Waals surface area contributed by atoms with Gasteiger partial charge in [-0.25, -0.2) is 0 Å². The van der Waals surface area contributed by atoms with Crippen LogP contribution >= 0.6 is 0 Å². The van der Waals surface area contributed by atoms with Crippen LogP contribution in [0.1, 0.15) is 11.1 Å². The molecule has 0 bridgehead atoms. The van der Waals surface area contributed by atoms with Gasteiger partial charge < -0.3 is 10.5 Å². The van der Waals surface area contributed by atoms with Crippen LogP contribution in [-0.4, -0.2) is 10.2 Å². The molecule has 0 aliphatic heterocycles. The Morgan fingerprint density at radius 1 is 1.00 bits per heavy atom. The average molecular weight is 215 g/mol. The molecule has 2 N–H and O–H groups in total. The minimum atomic E-state index is 0.382. The lowest BCUT2D eigenvalue weighted by molar-refractivity contribution is 0.455. The molecule has 0 spiro atoms. The van der Waals surface area contributed by atoms with Crippen LogP contribution in [0.4, 0.5) is 5.82 Å². The van der Waals surface area contributed by atoms with Crippen LogP contribution in [0, 0.1) is 13.8 Å². The lowest BCUT2D eigenvalue weighted by Crippen LogP contribution is -1.95. The van der Waals surface area contributed by atoms with Crippen molar-refractivity contribution in [3.8, 4) is 11.6 Å². The molecule has 0 atom stereocenters. The highest BCUT2D eigenvalue weighted by Crippen LogP contribution is 2.21. The molecule has 4 heteroatoms. The Bertz CT molecular complexity index is 494. The molecule has 0 fully saturated rings. The van der Waals surface area contributed by atoms with Crippen LogP contribution in [0.2, 0.25) is 0 Å². The summed E-state index contributed by atoms with van der Waals surface area (Å²) in [4.78, 5) is 0. The molecule has 0 radical (unpaired) electrons. The van der Waals surface area contributed by atoms with Crippen molar-refractivity contribution in [2.45, 2.75) is 13.8 Å². The Balaban J connectivity index is 2.20. The van der Waals surface area contributed by atoms with Gasteiger partial charge in [-0.05, 0) is 43.2 Å². The first-order valence-corrected chi connectivity index (χ1v) is 4.99. The molecule has 16 heavy (non-hydrogen) atoms. The van der Waals surface area contributed by atoms with Crippen LogP contribution in [0.3, 0.4) is 0 Å². The number of ether oxygens (including phenoxy) is 1. The van der Waals surface area contributed by atoms with E-state index in [0.29, 0.717) is 11.7 Å². The fraction of sp³-hybridized carbons (Fsp3) is 0.167. The Hall–Kier alpha value is -2.10. The van der Waals surface area contributed by atoms with Crippen LogP contribution in [0.5, 0.6) is 11.6 Å². The third-order valence-electron chi connectivity index (χ3n) is 2.36. The summed E-state index contributed by atoms with van der Waals surface area (Å²) < 4.78 is 5.54. The van der Waals surface area contributed by atoms with Gasteiger partial charge in [0.05, 0.1) is 0 Å². The molecule has 82 valence electrons. The summed E-state index contributed by atoms with van der Waals surface area (Å²) in [6.45, 7) is 4.10. The third-order valence-corrected chi connectivity index (χ3v) is 2.36. The summed E-state index contributed by atoms with van der Waals surface area (Å²) in [5.41, 5.74) is 7.85. The van der Waals surface area contributed by atoms with Gasteiger partial charge in [-0.2, -0.15) is 0 Å². The number of nitrogen functional groups attached to an aromatic ring is 1. The minimum absolute atomic E-state index is 0.382. The number of hydrogen-bond donors (Lipinski definition) is 1. The van der Waals surface area contributed by atoms with Gasteiger partial charge in [0.2, 0.25) is 5.88 Å². The van der Waals surface area contributed by atoms with Gasteiger partial charge in [0, 0.05) is 6.07 Å². The highest BCUT2D eigenvalue weighted by atomic mass is 16.5. The van der Waals surface area contributed by atoms with E-state index < -0.39 is 0 Å². The first-order valence-electron chi connectivity index (χ1n) is 4.99. The maximum absolute atomic E-state index is 5.54. The maximum Gasteiger partial charge on any atom is 0.238 e. The average Bonchev–Trinajstić information content (AvgIpc) is 2.27. The third kappa shape index (κ3) is 2.28. The Morgan fingerprint density at radius 3 is 2.44 bits per heavy atom. The first-order chi connectivity index (χ1) is 7.65. The first kappa shape index (κ1) is 10.4. The zero-order valence-corrected chi connectivity index (χ0v) is 9.27. The fourth-order valence-electron chi connectivity index (χ4n) is 1.28. The summed E-state index contributed by atoms with van der Waals surface area (Å²) in [7, 11) is 0. The van der Waals surface area contributed by atoms with E-state index in [1.54, 1.807) is 12.1 Å². The van der Waals surface area contributed by atoms with Crippen LogP contribution in [0.15, 0.2) is 30.3 Å². The zero-order chi connectivity index (χ0) is 11.5. The summed E-state index contributed by atoms with van der Waals surface area (Å²) in [5, 5.41) is 7.55. The molecule has 0 aliphatic rings. The van der Waals surface area contributed by atoms with Gasteiger partial charge in [0.15, 0.2) is 0 Å². The molecule has 1 heterocycles. The van der Waals surface area contributed by atoms with E-state index in [0.717, 1.165) is 5.75 Å². The molecular formula is C12H13N3O. The molecule has 1 aromatic heterocycles. The number of rotatable bonds is 2. The number of nitrogens with zero attached hydrogens (tertiary/aromatic N) is 2. The SMILES string of the molecule is Cc1ccc(Oc2ccc(N)nn2)cc1C. The highest BCUT2D eigenvalue weighted by Gasteiger charge is 2.00. The number of anilines is 1. The van der Waals surface area contributed by atoms with E-state index >= 15 is 0 Å². The normalized spacial score (nSPS) is 10.1.